The van der Waals surface area contributed by atoms with E-state index in [1.54, 1.807) is 0 Å². The van der Waals surface area contributed by atoms with Gasteiger partial charge in [0.1, 0.15) is 13.2 Å². The van der Waals surface area contributed by atoms with Crippen LogP contribution in [0, 0.1) is 0 Å². The molecule has 66 valence electrons. The molecular weight excluding hydrogens is 156 g/mol. The SMILES string of the molecule is O=C1CO[C@H]2CC=CC[C@H]2OC1. The van der Waals surface area contributed by atoms with Gasteiger partial charge >= 0.3 is 0 Å². The molecule has 3 nitrogen and oxygen atoms in total. The molecule has 0 aromatic carbocycles. The van der Waals surface area contributed by atoms with E-state index in [0.717, 1.165) is 12.8 Å². The molecule has 0 aromatic heterocycles. The third-order valence-electron chi connectivity index (χ3n) is 2.23. The molecule has 0 spiro atoms. The summed E-state index contributed by atoms with van der Waals surface area (Å²) in [6.07, 6.45) is 6.11. The van der Waals surface area contributed by atoms with Crippen LogP contribution in [0.2, 0.25) is 0 Å². The maximum Gasteiger partial charge on any atom is 0.184 e. The molecule has 1 heterocycles. The summed E-state index contributed by atoms with van der Waals surface area (Å²) >= 11 is 0. The van der Waals surface area contributed by atoms with Crippen molar-refractivity contribution < 1.29 is 14.3 Å². The van der Waals surface area contributed by atoms with Crippen LogP contribution in [0.3, 0.4) is 0 Å². The Morgan fingerprint density at radius 3 is 2.08 bits per heavy atom. The second-order valence-corrected chi connectivity index (χ2v) is 3.18. The molecule has 1 saturated heterocycles. The van der Waals surface area contributed by atoms with Gasteiger partial charge in [-0.25, -0.2) is 0 Å². The van der Waals surface area contributed by atoms with Crippen molar-refractivity contribution >= 4 is 5.78 Å². The Morgan fingerprint density at radius 2 is 1.58 bits per heavy atom. The molecule has 0 radical (unpaired) electrons. The Kier molecular flexibility index (Phi) is 2.23. The first-order valence-corrected chi connectivity index (χ1v) is 4.26. The van der Waals surface area contributed by atoms with Crippen LogP contribution < -0.4 is 0 Å². The van der Waals surface area contributed by atoms with Gasteiger partial charge in [0, 0.05) is 0 Å². The lowest BCUT2D eigenvalue weighted by Gasteiger charge is -2.24. The first-order chi connectivity index (χ1) is 5.86. The van der Waals surface area contributed by atoms with E-state index in [2.05, 4.69) is 12.2 Å². The van der Waals surface area contributed by atoms with Gasteiger partial charge in [-0.05, 0) is 12.8 Å². The molecule has 2 rings (SSSR count). The minimum atomic E-state index is 0.0457. The van der Waals surface area contributed by atoms with Gasteiger partial charge in [-0.3, -0.25) is 4.79 Å². The van der Waals surface area contributed by atoms with Gasteiger partial charge in [-0.2, -0.15) is 0 Å². The third-order valence-corrected chi connectivity index (χ3v) is 2.23. The number of carbonyl (C=O) groups is 1. The van der Waals surface area contributed by atoms with E-state index in [1.165, 1.54) is 0 Å². The topological polar surface area (TPSA) is 35.5 Å². The fraction of sp³-hybridized carbons (Fsp3) is 0.667. The zero-order valence-electron chi connectivity index (χ0n) is 6.86. The molecule has 0 N–H and O–H groups in total. The van der Waals surface area contributed by atoms with E-state index in [1.807, 2.05) is 0 Å². The largest absolute Gasteiger partial charge is 0.367 e. The van der Waals surface area contributed by atoms with E-state index in [9.17, 15) is 4.79 Å². The fourth-order valence-electron chi connectivity index (χ4n) is 1.56. The minimum absolute atomic E-state index is 0.0457. The molecule has 12 heavy (non-hydrogen) atoms. The van der Waals surface area contributed by atoms with Crippen molar-refractivity contribution in [1.29, 1.82) is 0 Å². The number of Topliss-reactive ketones (excluding diaryl/α,β-unsaturated/α-hetero) is 1. The summed E-state index contributed by atoms with van der Waals surface area (Å²) in [5, 5.41) is 0. The molecule has 2 atom stereocenters. The molecule has 2 aliphatic rings. The average Bonchev–Trinajstić information content (AvgIpc) is 2.29. The second-order valence-electron chi connectivity index (χ2n) is 3.18. The van der Waals surface area contributed by atoms with Crippen LogP contribution in [0.25, 0.3) is 0 Å². The highest BCUT2D eigenvalue weighted by Gasteiger charge is 2.27. The van der Waals surface area contributed by atoms with E-state index in [0.29, 0.717) is 0 Å². The van der Waals surface area contributed by atoms with Crippen molar-refractivity contribution in [3.63, 3.8) is 0 Å². The Balaban J connectivity index is 2.03. The first kappa shape index (κ1) is 7.95. The van der Waals surface area contributed by atoms with E-state index < -0.39 is 0 Å². The fourth-order valence-corrected chi connectivity index (χ4v) is 1.56. The third kappa shape index (κ3) is 1.57. The van der Waals surface area contributed by atoms with Gasteiger partial charge in [-0.15, -0.1) is 0 Å². The predicted molar refractivity (Wildman–Crippen MR) is 42.9 cm³/mol. The van der Waals surface area contributed by atoms with Crippen molar-refractivity contribution in [2.75, 3.05) is 13.2 Å². The van der Waals surface area contributed by atoms with E-state index >= 15 is 0 Å². The lowest BCUT2D eigenvalue weighted by molar-refractivity contribution is -0.124. The monoisotopic (exact) mass is 168 g/mol. The second kappa shape index (κ2) is 3.37. The number of fused-ring (bicyclic) bond motifs is 1. The number of ether oxygens (including phenoxy) is 2. The molecule has 3 heteroatoms. The Labute approximate surface area is 71.3 Å². The molecular formula is C9H12O3. The smallest absolute Gasteiger partial charge is 0.184 e. The summed E-state index contributed by atoms with van der Waals surface area (Å²) in [7, 11) is 0. The molecule has 0 bridgehead atoms. The van der Waals surface area contributed by atoms with Crippen LogP contribution in [0.1, 0.15) is 12.8 Å². The van der Waals surface area contributed by atoms with Crippen LogP contribution in [0.15, 0.2) is 12.2 Å². The normalized spacial score (nSPS) is 35.8. The number of ketones is 1. The van der Waals surface area contributed by atoms with Crippen LogP contribution in [0.4, 0.5) is 0 Å². The Morgan fingerprint density at radius 1 is 1.08 bits per heavy atom. The van der Waals surface area contributed by atoms with Crippen LogP contribution >= 0.6 is 0 Å². The summed E-state index contributed by atoms with van der Waals surface area (Å²) < 4.78 is 10.8. The van der Waals surface area contributed by atoms with Crippen molar-refractivity contribution in [2.45, 2.75) is 25.0 Å². The van der Waals surface area contributed by atoms with E-state index in [-0.39, 0.29) is 31.2 Å². The Bertz CT molecular complexity index is 190. The quantitative estimate of drug-likeness (QED) is 0.499. The van der Waals surface area contributed by atoms with Gasteiger partial charge in [-0.1, -0.05) is 12.2 Å². The molecule has 1 aliphatic heterocycles. The highest BCUT2D eigenvalue weighted by Crippen LogP contribution is 2.20. The maximum atomic E-state index is 11.0. The van der Waals surface area contributed by atoms with Crippen molar-refractivity contribution in [3.8, 4) is 0 Å². The maximum absolute atomic E-state index is 11.0. The number of hydrogen-bond acceptors (Lipinski definition) is 3. The zero-order valence-corrected chi connectivity index (χ0v) is 6.86. The predicted octanol–water partition coefficient (Wildman–Crippen LogP) is 0.690. The molecule has 0 aromatic rings. The molecule has 0 saturated carbocycles. The van der Waals surface area contributed by atoms with Crippen molar-refractivity contribution in [3.05, 3.63) is 12.2 Å². The lowest BCUT2D eigenvalue weighted by atomic mass is 10.0. The summed E-state index contributed by atoms with van der Waals surface area (Å²) in [5.41, 5.74) is 0. The van der Waals surface area contributed by atoms with Crippen molar-refractivity contribution in [1.82, 2.24) is 0 Å². The van der Waals surface area contributed by atoms with E-state index in [4.69, 9.17) is 9.47 Å². The average molecular weight is 168 g/mol. The highest BCUT2D eigenvalue weighted by atomic mass is 16.6. The van der Waals surface area contributed by atoms with Gasteiger partial charge in [0.05, 0.1) is 12.2 Å². The highest BCUT2D eigenvalue weighted by molar-refractivity contribution is 5.81. The first-order valence-electron chi connectivity index (χ1n) is 4.26. The summed E-state index contributed by atoms with van der Waals surface area (Å²) in [5.74, 6) is 0.0457. The summed E-state index contributed by atoms with van der Waals surface area (Å²) in [6.45, 7) is 0.435. The minimum Gasteiger partial charge on any atom is -0.367 e. The molecule has 0 unspecified atom stereocenters. The standard InChI is InChI=1S/C9H12O3/c10-7-5-11-8-3-1-2-4-9(8)12-6-7/h1-2,8-9H,3-6H2/t8-,9+. The molecule has 0 amide bonds. The van der Waals surface area contributed by atoms with Gasteiger partial charge in [0.15, 0.2) is 5.78 Å². The zero-order chi connectivity index (χ0) is 8.39. The van der Waals surface area contributed by atoms with Crippen LogP contribution in [0.5, 0.6) is 0 Å². The van der Waals surface area contributed by atoms with Gasteiger partial charge in [0.2, 0.25) is 0 Å². The molecule has 1 aliphatic carbocycles. The Hall–Kier alpha value is -0.670. The summed E-state index contributed by atoms with van der Waals surface area (Å²) in [4.78, 5) is 11.0. The number of carbonyl (C=O) groups excluding carboxylic acids is 1. The van der Waals surface area contributed by atoms with Crippen LogP contribution in [-0.2, 0) is 14.3 Å². The van der Waals surface area contributed by atoms with Gasteiger partial charge in [0.25, 0.3) is 0 Å². The molecule has 1 fully saturated rings. The lowest BCUT2D eigenvalue weighted by Crippen LogP contribution is -2.30. The van der Waals surface area contributed by atoms with Gasteiger partial charge < -0.3 is 9.47 Å². The van der Waals surface area contributed by atoms with Crippen molar-refractivity contribution in [2.24, 2.45) is 0 Å². The summed E-state index contributed by atoms with van der Waals surface area (Å²) in [6, 6.07) is 0. The number of rotatable bonds is 0. The van der Waals surface area contributed by atoms with Crippen LogP contribution in [-0.4, -0.2) is 31.2 Å². The number of hydrogen-bond donors (Lipinski definition) is 0.